The van der Waals surface area contributed by atoms with Crippen LogP contribution in [0.25, 0.3) is 0 Å². The average molecular weight is 317 g/mol. The Morgan fingerprint density at radius 2 is 2.22 bits per heavy atom. The number of carbonyl (C=O) groups is 2. The first kappa shape index (κ1) is 15.3. The summed E-state index contributed by atoms with van der Waals surface area (Å²) in [5.41, 5.74) is 3.24. The van der Waals surface area contributed by atoms with Crippen molar-refractivity contribution in [3.8, 4) is 0 Å². The van der Waals surface area contributed by atoms with E-state index >= 15 is 0 Å². The molecule has 0 aromatic carbocycles. The molecule has 0 spiro atoms. The van der Waals surface area contributed by atoms with Crippen LogP contribution in [0.1, 0.15) is 44.9 Å². The third-order valence-electron chi connectivity index (χ3n) is 3.92. The van der Waals surface area contributed by atoms with Gasteiger partial charge in [0.1, 0.15) is 5.69 Å². The Labute approximate surface area is 133 Å². The van der Waals surface area contributed by atoms with Gasteiger partial charge >= 0.3 is 5.97 Å². The van der Waals surface area contributed by atoms with Gasteiger partial charge in [0.25, 0.3) is 5.91 Å². The van der Waals surface area contributed by atoms with Crippen LogP contribution in [0.3, 0.4) is 0 Å². The molecule has 2 aromatic heterocycles. The first-order valence-electron chi connectivity index (χ1n) is 7.54. The first-order valence-corrected chi connectivity index (χ1v) is 7.54. The summed E-state index contributed by atoms with van der Waals surface area (Å²) in [6, 6.07) is 1.72. The molecule has 0 saturated carbocycles. The number of hydrogen-bond acceptors (Lipinski definition) is 5. The molecule has 0 saturated heterocycles. The number of carbonyl (C=O) groups excluding carboxylic acids is 2. The fourth-order valence-corrected chi connectivity index (χ4v) is 2.82. The molecule has 0 atom stereocenters. The fourth-order valence-electron chi connectivity index (χ4n) is 2.82. The van der Waals surface area contributed by atoms with E-state index in [0.29, 0.717) is 37.5 Å². The Morgan fingerprint density at radius 1 is 1.43 bits per heavy atom. The van der Waals surface area contributed by atoms with E-state index in [0.717, 1.165) is 17.0 Å². The number of nitrogens with one attached hydrogen (secondary N) is 1. The van der Waals surface area contributed by atoms with Crippen molar-refractivity contribution >= 4 is 11.9 Å². The summed E-state index contributed by atoms with van der Waals surface area (Å²) in [7, 11) is 1.80. The van der Waals surface area contributed by atoms with E-state index in [1.165, 1.54) is 0 Å². The van der Waals surface area contributed by atoms with Crippen LogP contribution in [0.15, 0.2) is 6.07 Å². The number of rotatable bonds is 3. The predicted molar refractivity (Wildman–Crippen MR) is 80.9 cm³/mol. The van der Waals surface area contributed by atoms with E-state index in [1.54, 1.807) is 29.6 Å². The minimum Gasteiger partial charge on any atom is -0.461 e. The van der Waals surface area contributed by atoms with E-state index in [-0.39, 0.29) is 5.91 Å². The molecule has 8 heteroatoms. The van der Waals surface area contributed by atoms with Gasteiger partial charge in [-0.05, 0) is 19.9 Å². The Bertz CT molecular complexity index is 761. The number of esters is 1. The van der Waals surface area contributed by atoms with Crippen LogP contribution in [-0.2, 0) is 24.8 Å². The van der Waals surface area contributed by atoms with Crippen molar-refractivity contribution in [2.24, 2.45) is 7.05 Å². The monoisotopic (exact) mass is 317 g/mol. The summed E-state index contributed by atoms with van der Waals surface area (Å²) in [6.45, 7) is 4.79. The van der Waals surface area contributed by atoms with Crippen LogP contribution in [0.4, 0.5) is 0 Å². The Morgan fingerprint density at radius 3 is 2.87 bits per heavy atom. The highest BCUT2D eigenvalue weighted by molar-refractivity contribution is 5.93. The van der Waals surface area contributed by atoms with Gasteiger partial charge in [0.2, 0.25) is 0 Å². The smallest absolute Gasteiger partial charge is 0.359 e. The minimum atomic E-state index is -0.450. The third kappa shape index (κ3) is 2.71. The van der Waals surface area contributed by atoms with Gasteiger partial charge in [-0.3, -0.25) is 14.6 Å². The summed E-state index contributed by atoms with van der Waals surface area (Å²) in [5, 5.41) is 11.0. The SMILES string of the molecule is CCOC(=O)c1nn(C)c2c1CN(C(=O)c1cc(C)[nH]n1)CC2. The molecule has 1 aliphatic heterocycles. The molecule has 122 valence electrons. The van der Waals surface area contributed by atoms with Crippen molar-refractivity contribution < 1.29 is 14.3 Å². The zero-order valence-electron chi connectivity index (χ0n) is 13.4. The lowest BCUT2D eigenvalue weighted by Gasteiger charge is -2.26. The minimum absolute atomic E-state index is 0.154. The molecule has 1 N–H and O–H groups in total. The average Bonchev–Trinajstić information content (AvgIpc) is 3.11. The van der Waals surface area contributed by atoms with Crippen molar-refractivity contribution in [2.75, 3.05) is 13.2 Å². The molecule has 23 heavy (non-hydrogen) atoms. The molecule has 8 nitrogen and oxygen atoms in total. The highest BCUT2D eigenvalue weighted by atomic mass is 16.5. The van der Waals surface area contributed by atoms with Crippen LogP contribution >= 0.6 is 0 Å². The fraction of sp³-hybridized carbons (Fsp3) is 0.467. The highest BCUT2D eigenvalue weighted by Gasteiger charge is 2.30. The maximum absolute atomic E-state index is 12.5. The second-order valence-electron chi connectivity index (χ2n) is 5.53. The Kier molecular flexibility index (Phi) is 3.89. The Balaban J connectivity index is 1.87. The molecule has 3 rings (SSSR count). The maximum atomic E-state index is 12.5. The van der Waals surface area contributed by atoms with Gasteiger partial charge in [-0.25, -0.2) is 4.79 Å². The lowest BCUT2D eigenvalue weighted by atomic mass is 10.0. The van der Waals surface area contributed by atoms with Gasteiger partial charge in [-0.1, -0.05) is 0 Å². The van der Waals surface area contributed by atoms with Gasteiger partial charge in [0.05, 0.1) is 13.2 Å². The van der Waals surface area contributed by atoms with Crippen LogP contribution in [0.2, 0.25) is 0 Å². The highest BCUT2D eigenvalue weighted by Crippen LogP contribution is 2.24. The number of amides is 1. The normalized spacial score (nSPS) is 13.8. The number of ether oxygens (including phenoxy) is 1. The van der Waals surface area contributed by atoms with E-state index in [2.05, 4.69) is 15.3 Å². The predicted octanol–water partition coefficient (Wildman–Crippen LogP) is 0.827. The molecule has 0 aliphatic carbocycles. The number of nitrogens with zero attached hydrogens (tertiary/aromatic N) is 4. The molecule has 1 aliphatic rings. The molecule has 1 amide bonds. The molecule has 2 aromatic rings. The zero-order chi connectivity index (χ0) is 16.6. The second-order valence-corrected chi connectivity index (χ2v) is 5.53. The standard InChI is InChI=1S/C15H19N5O3/c1-4-23-15(22)13-10-8-20(6-5-12(10)19(3)18-13)14(21)11-7-9(2)16-17-11/h7H,4-6,8H2,1-3H3,(H,16,17). The molecule has 0 unspecified atom stereocenters. The van der Waals surface area contributed by atoms with Gasteiger partial charge in [0.15, 0.2) is 5.69 Å². The van der Waals surface area contributed by atoms with Crippen LogP contribution in [0.5, 0.6) is 0 Å². The van der Waals surface area contributed by atoms with E-state index in [1.807, 2.05) is 6.92 Å². The number of hydrogen-bond donors (Lipinski definition) is 1. The van der Waals surface area contributed by atoms with Crippen molar-refractivity contribution in [1.82, 2.24) is 24.9 Å². The van der Waals surface area contributed by atoms with E-state index in [9.17, 15) is 9.59 Å². The second kappa shape index (κ2) is 5.86. The first-order chi connectivity index (χ1) is 11.0. The van der Waals surface area contributed by atoms with Crippen LogP contribution < -0.4 is 0 Å². The lowest BCUT2D eigenvalue weighted by Crippen LogP contribution is -2.37. The summed E-state index contributed by atoms with van der Waals surface area (Å²) >= 11 is 0. The number of aromatic nitrogens is 4. The number of H-pyrrole nitrogens is 1. The number of aromatic amines is 1. The molecular weight excluding hydrogens is 298 g/mol. The Hall–Kier alpha value is -2.64. The molecular formula is C15H19N5O3. The molecule has 0 radical (unpaired) electrons. The third-order valence-corrected chi connectivity index (χ3v) is 3.92. The summed E-state index contributed by atoms with van der Waals surface area (Å²) in [4.78, 5) is 26.3. The van der Waals surface area contributed by atoms with Crippen molar-refractivity contribution in [3.05, 3.63) is 34.4 Å². The molecule has 0 bridgehead atoms. The van der Waals surface area contributed by atoms with Crippen molar-refractivity contribution in [2.45, 2.75) is 26.8 Å². The van der Waals surface area contributed by atoms with Crippen LogP contribution in [0, 0.1) is 6.92 Å². The number of aryl methyl sites for hydroxylation is 2. The van der Waals surface area contributed by atoms with Crippen molar-refractivity contribution in [3.63, 3.8) is 0 Å². The molecule has 0 fully saturated rings. The maximum Gasteiger partial charge on any atom is 0.359 e. The summed E-state index contributed by atoms with van der Waals surface area (Å²) in [6.07, 6.45) is 0.646. The molecule has 3 heterocycles. The van der Waals surface area contributed by atoms with Gasteiger partial charge in [0, 0.05) is 37.0 Å². The quantitative estimate of drug-likeness (QED) is 0.846. The van der Waals surface area contributed by atoms with E-state index in [4.69, 9.17) is 4.74 Å². The summed E-state index contributed by atoms with van der Waals surface area (Å²) < 4.78 is 6.75. The van der Waals surface area contributed by atoms with Gasteiger partial charge < -0.3 is 9.64 Å². The zero-order valence-corrected chi connectivity index (χ0v) is 13.4. The lowest BCUT2D eigenvalue weighted by molar-refractivity contribution is 0.0513. The van der Waals surface area contributed by atoms with Gasteiger partial charge in [-0.2, -0.15) is 10.2 Å². The van der Waals surface area contributed by atoms with Crippen LogP contribution in [-0.4, -0.2) is 49.9 Å². The topological polar surface area (TPSA) is 93.1 Å². The largest absolute Gasteiger partial charge is 0.461 e. The van der Waals surface area contributed by atoms with E-state index < -0.39 is 5.97 Å². The van der Waals surface area contributed by atoms with Crippen molar-refractivity contribution in [1.29, 1.82) is 0 Å². The van der Waals surface area contributed by atoms with Gasteiger partial charge in [-0.15, -0.1) is 0 Å². The summed E-state index contributed by atoms with van der Waals surface area (Å²) in [5.74, 6) is -0.604. The number of fused-ring (bicyclic) bond motifs is 1.